The Morgan fingerprint density at radius 2 is 2.14 bits per heavy atom. The second kappa shape index (κ2) is 3.44. The minimum Gasteiger partial charge on any atom is -0.504 e. The lowest BCUT2D eigenvalue weighted by molar-refractivity contribution is 0.0983. The van der Waals surface area contributed by atoms with E-state index < -0.39 is 35.0 Å². The number of nitrogen functional groups attached to an aromatic ring is 1. The van der Waals surface area contributed by atoms with Gasteiger partial charge in [-0.25, -0.2) is 8.78 Å². The maximum absolute atomic E-state index is 12.3. The molecule has 7 heteroatoms. The number of aromatic nitrogens is 1. The van der Waals surface area contributed by atoms with Gasteiger partial charge in [0.25, 0.3) is 12.3 Å². The largest absolute Gasteiger partial charge is 0.504 e. The molecular formula is C7H7F2N3O2. The van der Waals surface area contributed by atoms with Crippen LogP contribution in [0.3, 0.4) is 0 Å². The Balaban J connectivity index is 3.45. The van der Waals surface area contributed by atoms with E-state index in [4.69, 9.17) is 16.6 Å². The molecule has 0 aliphatic heterocycles. The quantitative estimate of drug-likeness (QED) is 0.647. The van der Waals surface area contributed by atoms with Crippen LogP contribution in [-0.4, -0.2) is 16.0 Å². The van der Waals surface area contributed by atoms with Gasteiger partial charge in [0.2, 0.25) is 0 Å². The summed E-state index contributed by atoms with van der Waals surface area (Å²) in [7, 11) is 0. The first-order valence-electron chi connectivity index (χ1n) is 3.50. The smallest absolute Gasteiger partial charge is 0.281 e. The molecule has 0 bridgehead atoms. The predicted octanol–water partition coefficient (Wildman–Crippen LogP) is 0.406. The van der Waals surface area contributed by atoms with Crippen LogP contribution in [0.15, 0.2) is 6.20 Å². The summed E-state index contributed by atoms with van der Waals surface area (Å²) in [4.78, 5) is 13.9. The SMILES string of the molecule is NC(=O)c1c(C(F)F)ncc(O)c1N. The Morgan fingerprint density at radius 3 is 2.57 bits per heavy atom. The number of nitrogens with two attached hydrogens (primary N) is 2. The van der Waals surface area contributed by atoms with E-state index in [1.54, 1.807) is 0 Å². The van der Waals surface area contributed by atoms with Crippen molar-refractivity contribution in [3.8, 4) is 5.75 Å². The molecule has 0 saturated heterocycles. The summed E-state index contributed by atoms with van der Waals surface area (Å²) in [6.45, 7) is 0. The summed E-state index contributed by atoms with van der Waals surface area (Å²) < 4.78 is 24.6. The molecule has 14 heavy (non-hydrogen) atoms. The lowest BCUT2D eigenvalue weighted by Crippen LogP contribution is -2.17. The zero-order chi connectivity index (χ0) is 10.9. The van der Waals surface area contributed by atoms with Crippen LogP contribution in [0.1, 0.15) is 22.5 Å². The number of halogens is 2. The number of rotatable bonds is 2. The van der Waals surface area contributed by atoms with Crippen molar-refractivity contribution < 1.29 is 18.7 Å². The van der Waals surface area contributed by atoms with Crippen molar-refractivity contribution in [1.29, 1.82) is 0 Å². The van der Waals surface area contributed by atoms with Gasteiger partial charge in [-0.1, -0.05) is 0 Å². The normalized spacial score (nSPS) is 10.5. The van der Waals surface area contributed by atoms with Gasteiger partial charge in [-0.15, -0.1) is 0 Å². The number of nitrogens with zero attached hydrogens (tertiary/aromatic N) is 1. The van der Waals surface area contributed by atoms with Crippen LogP contribution in [0.2, 0.25) is 0 Å². The Kier molecular flexibility index (Phi) is 2.50. The van der Waals surface area contributed by atoms with Crippen LogP contribution >= 0.6 is 0 Å². The Bertz CT molecular complexity index is 381. The molecule has 0 fully saturated rings. The van der Waals surface area contributed by atoms with Gasteiger partial charge in [-0.3, -0.25) is 9.78 Å². The van der Waals surface area contributed by atoms with E-state index in [2.05, 4.69) is 4.98 Å². The van der Waals surface area contributed by atoms with Gasteiger partial charge >= 0.3 is 0 Å². The van der Waals surface area contributed by atoms with Crippen LogP contribution in [0.5, 0.6) is 5.75 Å². The van der Waals surface area contributed by atoms with Crippen LogP contribution in [0.25, 0.3) is 0 Å². The van der Waals surface area contributed by atoms with Gasteiger partial charge < -0.3 is 16.6 Å². The van der Waals surface area contributed by atoms with E-state index in [1.165, 1.54) is 0 Å². The monoisotopic (exact) mass is 203 g/mol. The first-order valence-corrected chi connectivity index (χ1v) is 3.50. The summed E-state index contributed by atoms with van der Waals surface area (Å²) in [6, 6.07) is 0. The number of carbonyl (C=O) groups is 1. The number of primary amides is 1. The van der Waals surface area contributed by atoms with Crippen molar-refractivity contribution in [2.45, 2.75) is 6.43 Å². The van der Waals surface area contributed by atoms with Crippen molar-refractivity contribution >= 4 is 11.6 Å². The van der Waals surface area contributed by atoms with E-state index in [-0.39, 0.29) is 0 Å². The van der Waals surface area contributed by atoms with Crippen LogP contribution in [0.4, 0.5) is 14.5 Å². The van der Waals surface area contributed by atoms with Gasteiger partial charge in [-0.05, 0) is 0 Å². The van der Waals surface area contributed by atoms with Crippen molar-refractivity contribution in [2.24, 2.45) is 5.73 Å². The molecule has 0 aliphatic rings. The number of hydrogen-bond acceptors (Lipinski definition) is 4. The van der Waals surface area contributed by atoms with Crippen molar-refractivity contribution in [1.82, 2.24) is 4.98 Å². The first-order chi connectivity index (χ1) is 6.45. The molecule has 76 valence electrons. The Labute approximate surface area is 77.3 Å². The third-order valence-corrected chi connectivity index (χ3v) is 1.58. The number of carbonyl (C=O) groups excluding carboxylic acids is 1. The molecule has 1 heterocycles. The lowest BCUT2D eigenvalue weighted by Gasteiger charge is -2.08. The summed E-state index contributed by atoms with van der Waals surface area (Å²) in [5, 5.41) is 9.02. The number of aromatic hydroxyl groups is 1. The second-order valence-corrected chi connectivity index (χ2v) is 2.48. The maximum atomic E-state index is 12.3. The highest BCUT2D eigenvalue weighted by atomic mass is 19.3. The highest BCUT2D eigenvalue weighted by molar-refractivity contribution is 6.00. The van der Waals surface area contributed by atoms with E-state index in [9.17, 15) is 13.6 Å². The van der Waals surface area contributed by atoms with Crippen LogP contribution in [0, 0.1) is 0 Å². The summed E-state index contributed by atoms with van der Waals surface area (Å²) in [5.74, 6) is -1.70. The first kappa shape index (κ1) is 10.2. The third-order valence-electron chi connectivity index (χ3n) is 1.58. The van der Waals surface area contributed by atoms with E-state index in [1.807, 2.05) is 0 Å². The van der Waals surface area contributed by atoms with Crippen LogP contribution in [-0.2, 0) is 0 Å². The Morgan fingerprint density at radius 1 is 1.57 bits per heavy atom. The molecule has 0 radical (unpaired) electrons. The van der Waals surface area contributed by atoms with Crippen molar-refractivity contribution in [2.75, 3.05) is 5.73 Å². The molecule has 0 spiro atoms. The maximum Gasteiger partial charge on any atom is 0.281 e. The summed E-state index contributed by atoms with van der Waals surface area (Å²) in [6.07, 6.45) is -2.23. The standard InChI is InChI=1S/C7H7F2N3O2/c8-6(9)5-3(7(11)14)4(10)2(13)1-12-5/h1,6,13H,(H2,10,12)(H2,11,14). The number of pyridine rings is 1. The van der Waals surface area contributed by atoms with Crippen LogP contribution < -0.4 is 11.5 Å². The highest BCUT2D eigenvalue weighted by Gasteiger charge is 2.22. The zero-order valence-electron chi connectivity index (χ0n) is 6.87. The molecule has 5 nitrogen and oxygen atoms in total. The van der Waals surface area contributed by atoms with Crippen molar-refractivity contribution in [3.63, 3.8) is 0 Å². The van der Waals surface area contributed by atoms with E-state index in [0.29, 0.717) is 0 Å². The lowest BCUT2D eigenvalue weighted by atomic mass is 10.1. The summed E-state index contributed by atoms with van der Waals surface area (Å²) >= 11 is 0. The van der Waals surface area contributed by atoms with E-state index >= 15 is 0 Å². The van der Waals surface area contributed by atoms with Gasteiger partial charge in [0, 0.05) is 0 Å². The minimum atomic E-state index is -2.97. The fourth-order valence-corrected chi connectivity index (χ4v) is 0.955. The molecule has 0 aromatic carbocycles. The zero-order valence-corrected chi connectivity index (χ0v) is 6.87. The minimum absolute atomic E-state index is 0.484. The number of alkyl halides is 2. The average Bonchev–Trinajstić information content (AvgIpc) is 2.08. The Hall–Kier alpha value is -1.92. The number of anilines is 1. The average molecular weight is 203 g/mol. The number of hydrogen-bond donors (Lipinski definition) is 3. The topological polar surface area (TPSA) is 102 Å². The number of amides is 1. The molecule has 0 atom stereocenters. The van der Waals surface area contributed by atoms with Gasteiger partial charge in [0.15, 0.2) is 5.75 Å². The molecular weight excluding hydrogens is 196 g/mol. The van der Waals surface area contributed by atoms with Gasteiger partial charge in [0.05, 0.1) is 17.4 Å². The molecule has 1 amide bonds. The van der Waals surface area contributed by atoms with E-state index in [0.717, 1.165) is 6.20 Å². The second-order valence-electron chi connectivity index (χ2n) is 2.48. The third kappa shape index (κ3) is 1.56. The van der Waals surface area contributed by atoms with Gasteiger partial charge in [-0.2, -0.15) is 0 Å². The molecule has 0 aliphatic carbocycles. The van der Waals surface area contributed by atoms with Crippen molar-refractivity contribution in [3.05, 3.63) is 17.5 Å². The fraction of sp³-hybridized carbons (Fsp3) is 0.143. The predicted molar refractivity (Wildman–Crippen MR) is 43.8 cm³/mol. The fourth-order valence-electron chi connectivity index (χ4n) is 0.955. The molecule has 0 saturated carbocycles. The molecule has 0 unspecified atom stereocenters. The summed E-state index contributed by atoms with van der Waals surface area (Å²) in [5.41, 5.74) is 8.07. The highest BCUT2D eigenvalue weighted by Crippen LogP contribution is 2.29. The molecule has 5 N–H and O–H groups in total. The molecule has 1 aromatic rings. The molecule has 1 rings (SSSR count). The van der Waals surface area contributed by atoms with Gasteiger partial charge in [0.1, 0.15) is 5.69 Å². The molecule has 1 aromatic heterocycles.